The van der Waals surface area contributed by atoms with Crippen LogP contribution in [0.5, 0.6) is 5.75 Å². The zero-order valence-corrected chi connectivity index (χ0v) is 19.3. The third-order valence-corrected chi connectivity index (χ3v) is 5.84. The summed E-state index contributed by atoms with van der Waals surface area (Å²) in [5, 5.41) is 10.6. The van der Waals surface area contributed by atoms with Gasteiger partial charge in [-0.3, -0.25) is 14.6 Å². The molecule has 0 radical (unpaired) electrons. The highest BCUT2D eigenvalue weighted by atomic mass is 19.1. The number of fused-ring (bicyclic) bond motifs is 1. The van der Waals surface area contributed by atoms with Crippen LogP contribution in [0.3, 0.4) is 0 Å². The fourth-order valence-electron chi connectivity index (χ4n) is 3.99. The van der Waals surface area contributed by atoms with Gasteiger partial charge in [0.2, 0.25) is 11.8 Å². The van der Waals surface area contributed by atoms with Crippen molar-refractivity contribution in [2.24, 2.45) is 10.7 Å². The Morgan fingerprint density at radius 2 is 2.15 bits per heavy atom. The zero-order chi connectivity index (χ0) is 25.0. The monoisotopic (exact) mass is 474 g/mol. The van der Waals surface area contributed by atoms with Gasteiger partial charge in [0.1, 0.15) is 11.6 Å². The van der Waals surface area contributed by atoms with E-state index in [9.17, 15) is 23.5 Å². The van der Waals surface area contributed by atoms with Crippen molar-refractivity contribution in [2.75, 3.05) is 13.2 Å². The van der Waals surface area contributed by atoms with E-state index in [0.717, 1.165) is 18.5 Å². The van der Waals surface area contributed by atoms with Gasteiger partial charge in [0.25, 0.3) is 0 Å². The Hall–Kier alpha value is -3.53. The van der Waals surface area contributed by atoms with Gasteiger partial charge < -0.3 is 25.0 Å². The third-order valence-electron chi connectivity index (χ3n) is 5.84. The number of hydrogen-bond donors (Lipinski definition) is 2. The summed E-state index contributed by atoms with van der Waals surface area (Å²) < 4.78 is 34.6. The van der Waals surface area contributed by atoms with Gasteiger partial charge >= 0.3 is 0 Å². The van der Waals surface area contributed by atoms with E-state index in [0.29, 0.717) is 17.9 Å². The van der Waals surface area contributed by atoms with Gasteiger partial charge in [-0.05, 0) is 26.8 Å². The molecule has 3 N–H and O–H groups in total. The molecule has 1 aromatic heterocycles. The molecule has 3 rings (SSSR count). The van der Waals surface area contributed by atoms with E-state index < -0.39 is 22.8 Å². The van der Waals surface area contributed by atoms with Gasteiger partial charge in [-0.1, -0.05) is 6.07 Å². The van der Waals surface area contributed by atoms with Crippen LogP contribution in [-0.2, 0) is 22.7 Å². The molecule has 0 saturated heterocycles. The lowest BCUT2D eigenvalue weighted by molar-refractivity contribution is -0.120. The zero-order valence-electron chi connectivity index (χ0n) is 19.3. The smallest absolute Gasteiger partial charge is 0.231 e. The van der Waals surface area contributed by atoms with Crippen LogP contribution in [-0.4, -0.2) is 46.4 Å². The lowest BCUT2D eigenvalue weighted by atomic mass is 10.0. The highest BCUT2D eigenvalue weighted by Gasteiger charge is 2.30. The second kappa shape index (κ2) is 10.6. The van der Waals surface area contributed by atoms with Gasteiger partial charge in [-0.15, -0.1) is 0 Å². The number of ether oxygens (including phenoxy) is 1. The minimum atomic E-state index is -0.734. The summed E-state index contributed by atoms with van der Waals surface area (Å²) in [4.78, 5) is 30.3. The maximum atomic E-state index is 13.9. The van der Waals surface area contributed by atoms with Crippen LogP contribution >= 0.6 is 0 Å². The Morgan fingerprint density at radius 3 is 2.76 bits per heavy atom. The Morgan fingerprint density at radius 1 is 1.41 bits per heavy atom. The number of aliphatic imine (C=N–C) groups is 1. The normalized spacial score (nSPS) is 16.2. The molecular formula is C24H28F2N4O4. The second-order valence-electron chi connectivity index (χ2n) is 8.35. The first-order chi connectivity index (χ1) is 16.2. The fraction of sp³-hybridized carbons (Fsp3) is 0.375. The van der Waals surface area contributed by atoms with Crippen LogP contribution < -0.4 is 11.2 Å². The average Bonchev–Trinajstić information content (AvgIpc) is 2.80. The van der Waals surface area contributed by atoms with E-state index in [1.807, 2.05) is 13.8 Å². The van der Waals surface area contributed by atoms with Crippen LogP contribution in [0.25, 0.3) is 5.57 Å². The molecule has 1 unspecified atom stereocenters. The number of allylic oxidation sites excluding steroid dienone is 1. The number of nitrogens with zero attached hydrogens (tertiary/aromatic N) is 3. The average molecular weight is 475 g/mol. The van der Waals surface area contributed by atoms with E-state index in [4.69, 9.17) is 10.5 Å². The number of nitrogens with two attached hydrogens (primary N) is 1. The van der Waals surface area contributed by atoms with Crippen LogP contribution in [0.2, 0.25) is 0 Å². The molecule has 2 aromatic rings. The molecule has 34 heavy (non-hydrogen) atoms. The quantitative estimate of drug-likeness (QED) is 0.452. The molecule has 0 fully saturated rings. The molecule has 1 amide bonds. The van der Waals surface area contributed by atoms with Crippen molar-refractivity contribution in [2.45, 2.75) is 46.0 Å². The Kier molecular flexibility index (Phi) is 7.83. The molecule has 1 aromatic carbocycles. The van der Waals surface area contributed by atoms with Gasteiger partial charge in [0.15, 0.2) is 5.75 Å². The lowest BCUT2D eigenvalue weighted by Gasteiger charge is -2.35. The Labute approximate surface area is 196 Å². The summed E-state index contributed by atoms with van der Waals surface area (Å²) >= 11 is 0. The summed E-state index contributed by atoms with van der Waals surface area (Å²) in [5.74, 6) is -1.87. The van der Waals surface area contributed by atoms with E-state index in [1.165, 1.54) is 18.5 Å². The minimum absolute atomic E-state index is 0.0471. The van der Waals surface area contributed by atoms with Crippen molar-refractivity contribution in [3.63, 3.8) is 0 Å². The number of carbonyl (C=O) groups excluding carboxylic acids is 1. The van der Waals surface area contributed by atoms with Crippen molar-refractivity contribution >= 4 is 18.2 Å². The number of aromatic hydroxyl groups is 1. The van der Waals surface area contributed by atoms with Gasteiger partial charge in [0.05, 0.1) is 42.8 Å². The first-order valence-corrected chi connectivity index (χ1v) is 10.8. The first-order valence-electron chi connectivity index (χ1n) is 10.8. The van der Waals surface area contributed by atoms with Gasteiger partial charge in [0, 0.05) is 42.2 Å². The summed E-state index contributed by atoms with van der Waals surface area (Å²) in [6, 6.07) is 2.79. The minimum Gasteiger partial charge on any atom is -0.503 e. The summed E-state index contributed by atoms with van der Waals surface area (Å²) in [6.45, 7) is 5.98. The lowest BCUT2D eigenvalue weighted by Crippen LogP contribution is -2.41. The van der Waals surface area contributed by atoms with Crippen LogP contribution in [0, 0.1) is 18.6 Å². The molecule has 182 valence electrons. The van der Waals surface area contributed by atoms with Crippen LogP contribution in [0.15, 0.2) is 34.2 Å². The highest BCUT2D eigenvalue weighted by molar-refractivity contribution is 6.10. The van der Waals surface area contributed by atoms with Crippen molar-refractivity contribution in [1.29, 1.82) is 0 Å². The highest BCUT2D eigenvalue weighted by Crippen LogP contribution is 2.30. The molecule has 0 saturated carbocycles. The van der Waals surface area contributed by atoms with Crippen molar-refractivity contribution in [3.8, 4) is 5.75 Å². The molecule has 1 aliphatic heterocycles. The number of hydrogen-bond acceptors (Lipinski definition) is 6. The largest absolute Gasteiger partial charge is 0.503 e. The molecular weight excluding hydrogens is 446 g/mol. The number of aromatic nitrogens is 1. The van der Waals surface area contributed by atoms with Crippen molar-refractivity contribution in [3.05, 3.63) is 68.8 Å². The number of carbonyl (C=O) groups is 1. The summed E-state index contributed by atoms with van der Waals surface area (Å²) in [7, 11) is 0. The predicted octanol–water partition coefficient (Wildman–Crippen LogP) is 2.65. The molecule has 0 spiro atoms. The first kappa shape index (κ1) is 25.1. The van der Waals surface area contributed by atoms with E-state index in [1.54, 1.807) is 16.4 Å². The molecule has 2 heterocycles. The van der Waals surface area contributed by atoms with Crippen molar-refractivity contribution in [1.82, 2.24) is 9.47 Å². The molecule has 8 nitrogen and oxygen atoms in total. The second-order valence-corrected chi connectivity index (χ2v) is 8.35. The maximum Gasteiger partial charge on any atom is 0.231 e. The van der Waals surface area contributed by atoms with E-state index in [2.05, 4.69) is 4.99 Å². The van der Waals surface area contributed by atoms with Gasteiger partial charge in [-0.2, -0.15) is 0 Å². The predicted molar refractivity (Wildman–Crippen MR) is 124 cm³/mol. The topological polar surface area (TPSA) is 110 Å². The summed E-state index contributed by atoms with van der Waals surface area (Å²) in [5.41, 5.74) is 6.50. The third kappa shape index (κ3) is 5.01. The van der Waals surface area contributed by atoms with Crippen LogP contribution in [0.1, 0.15) is 42.4 Å². The fourth-order valence-corrected chi connectivity index (χ4v) is 3.99. The SMILES string of the molecule is Cc1c(O)c(=O)c(C(C=NCc2ccc(F)cc2F)=CN)c2n1C(CN(C=O)C(C)C)COC2. The molecule has 10 heteroatoms. The molecule has 1 atom stereocenters. The van der Waals surface area contributed by atoms with Gasteiger partial charge in [-0.25, -0.2) is 8.78 Å². The number of benzene rings is 1. The number of halogens is 2. The molecule has 1 aliphatic rings. The van der Waals surface area contributed by atoms with Crippen LogP contribution in [0.4, 0.5) is 8.78 Å². The number of rotatable bonds is 8. The van der Waals surface area contributed by atoms with Crippen molar-refractivity contribution < 1.29 is 23.4 Å². The number of pyridine rings is 1. The summed E-state index contributed by atoms with van der Waals surface area (Å²) in [6.07, 6.45) is 3.24. The van der Waals surface area contributed by atoms with E-state index >= 15 is 0 Å². The Balaban J connectivity index is 2.02. The standard InChI is InChI=1S/C24H28F2N4O4/c1-14(2)29(13-31)10-19-11-34-12-21-22(24(33)23(32)15(3)30(19)21)17(7-27)9-28-8-16-4-5-18(25)6-20(16)26/h4-7,9,13-14,19,32H,8,10-12,27H2,1-3H3. The Bertz CT molecular complexity index is 1190. The maximum absolute atomic E-state index is 13.9. The molecule has 0 bridgehead atoms. The number of amides is 1. The molecule has 0 aliphatic carbocycles. The van der Waals surface area contributed by atoms with E-state index in [-0.39, 0.29) is 48.5 Å².